The number of ether oxygens (including phenoxy) is 1. The first-order valence-corrected chi connectivity index (χ1v) is 10.7. The first-order valence-electron chi connectivity index (χ1n) is 10.3. The van der Waals surface area contributed by atoms with Crippen molar-refractivity contribution in [2.75, 3.05) is 6.54 Å². The van der Waals surface area contributed by atoms with Crippen LogP contribution in [0.3, 0.4) is 0 Å². The van der Waals surface area contributed by atoms with Gasteiger partial charge in [0, 0.05) is 16.8 Å². The van der Waals surface area contributed by atoms with Crippen LogP contribution in [0.15, 0.2) is 48.5 Å². The highest BCUT2D eigenvalue weighted by molar-refractivity contribution is 6.35. The van der Waals surface area contributed by atoms with E-state index in [9.17, 15) is 13.6 Å². The number of fused-ring (bicyclic) bond motifs is 1. The molecule has 166 valence electrons. The molecule has 0 saturated carbocycles. The lowest BCUT2D eigenvalue weighted by atomic mass is 9.93. The van der Waals surface area contributed by atoms with Crippen LogP contribution in [0.1, 0.15) is 43.9 Å². The van der Waals surface area contributed by atoms with Crippen LogP contribution >= 0.6 is 11.6 Å². The van der Waals surface area contributed by atoms with Gasteiger partial charge >= 0.3 is 0 Å². The summed E-state index contributed by atoms with van der Waals surface area (Å²) < 4.78 is 35.9. The Morgan fingerprint density at radius 1 is 1.09 bits per heavy atom. The highest BCUT2D eigenvalue weighted by atomic mass is 35.5. The smallest absolute Gasteiger partial charge is 0.291 e. The minimum Gasteiger partial charge on any atom is -0.473 e. The van der Waals surface area contributed by atoms with E-state index >= 15 is 0 Å². The molecule has 7 heteroatoms. The Morgan fingerprint density at radius 2 is 1.81 bits per heavy atom. The number of hydrogen-bond acceptors (Lipinski definition) is 3. The van der Waals surface area contributed by atoms with Gasteiger partial charge in [-0.1, -0.05) is 54.1 Å². The number of aryl methyl sites for hydroxylation is 3. The molecule has 2 aromatic carbocycles. The van der Waals surface area contributed by atoms with Gasteiger partial charge in [0.1, 0.15) is 6.61 Å². The number of amides is 1. The third-order valence-electron chi connectivity index (χ3n) is 5.62. The summed E-state index contributed by atoms with van der Waals surface area (Å²) in [4.78, 5) is 18.8. The third kappa shape index (κ3) is 4.19. The molecule has 0 spiro atoms. The molecule has 1 aliphatic heterocycles. The minimum absolute atomic E-state index is 0.0542. The lowest BCUT2D eigenvalue weighted by Crippen LogP contribution is -2.45. The summed E-state index contributed by atoms with van der Waals surface area (Å²) in [5.41, 5.74) is 3.24. The average molecular weight is 457 g/mol. The number of carbonyl (C=O) groups is 1. The van der Waals surface area contributed by atoms with Crippen LogP contribution in [0, 0.1) is 20.8 Å². The molecular weight excluding hydrogens is 434 g/mol. The quantitative estimate of drug-likeness (QED) is 0.473. The molecule has 0 bridgehead atoms. The molecule has 1 aromatic heterocycles. The van der Waals surface area contributed by atoms with Gasteiger partial charge in [-0.05, 0) is 43.5 Å². The van der Waals surface area contributed by atoms with Crippen LogP contribution in [0.25, 0.3) is 0 Å². The molecule has 2 heterocycles. The van der Waals surface area contributed by atoms with Gasteiger partial charge in [-0.25, -0.2) is 4.98 Å². The number of rotatable bonds is 5. The summed E-state index contributed by atoms with van der Waals surface area (Å²) >= 11 is 6.28. The second-order valence-corrected chi connectivity index (χ2v) is 8.50. The number of benzene rings is 2. The molecule has 0 unspecified atom stereocenters. The van der Waals surface area contributed by atoms with Gasteiger partial charge in [0.15, 0.2) is 0 Å². The van der Waals surface area contributed by atoms with Crippen molar-refractivity contribution in [1.82, 2.24) is 9.88 Å². The van der Waals surface area contributed by atoms with E-state index in [4.69, 9.17) is 16.3 Å². The van der Waals surface area contributed by atoms with Crippen LogP contribution in [0.2, 0.25) is 5.02 Å². The van der Waals surface area contributed by atoms with E-state index in [0.717, 1.165) is 21.7 Å². The molecule has 3 aromatic rings. The van der Waals surface area contributed by atoms with E-state index in [1.54, 1.807) is 6.92 Å². The molecule has 4 nitrogen and oxygen atoms in total. The molecule has 0 atom stereocenters. The molecule has 0 saturated heterocycles. The Bertz CT molecular complexity index is 1180. The highest BCUT2D eigenvalue weighted by Gasteiger charge is 2.45. The number of hydrogen-bond donors (Lipinski definition) is 0. The fourth-order valence-corrected chi connectivity index (χ4v) is 4.18. The molecule has 4 rings (SSSR count). The monoisotopic (exact) mass is 456 g/mol. The zero-order valence-electron chi connectivity index (χ0n) is 18.1. The van der Waals surface area contributed by atoms with E-state index in [-0.39, 0.29) is 29.3 Å². The summed E-state index contributed by atoms with van der Waals surface area (Å²) in [5, 5.41) is 0.0659. The van der Waals surface area contributed by atoms with Gasteiger partial charge in [0.05, 0.1) is 23.7 Å². The Kier molecular flexibility index (Phi) is 5.91. The summed E-state index contributed by atoms with van der Waals surface area (Å²) in [6, 6.07) is 14.2. The van der Waals surface area contributed by atoms with E-state index in [1.165, 1.54) is 12.1 Å². The van der Waals surface area contributed by atoms with Crippen molar-refractivity contribution in [2.24, 2.45) is 0 Å². The third-order valence-corrected chi connectivity index (χ3v) is 6.11. The van der Waals surface area contributed by atoms with Crippen molar-refractivity contribution < 1.29 is 18.3 Å². The molecular formula is C25H23ClF2N2O2. The van der Waals surface area contributed by atoms with Crippen molar-refractivity contribution in [1.29, 1.82) is 0 Å². The van der Waals surface area contributed by atoms with Crippen molar-refractivity contribution >= 4 is 17.5 Å². The molecule has 0 aliphatic carbocycles. The molecule has 1 aliphatic rings. The van der Waals surface area contributed by atoms with Gasteiger partial charge < -0.3 is 9.64 Å². The van der Waals surface area contributed by atoms with Crippen LogP contribution in [0.4, 0.5) is 8.78 Å². The molecule has 0 N–H and O–H groups in total. The fourth-order valence-electron chi connectivity index (χ4n) is 3.93. The van der Waals surface area contributed by atoms with Crippen molar-refractivity contribution in [3.8, 4) is 5.88 Å². The van der Waals surface area contributed by atoms with Gasteiger partial charge in [-0.3, -0.25) is 4.79 Å². The lowest BCUT2D eigenvalue weighted by molar-refractivity contribution is -0.0429. The number of halogens is 3. The van der Waals surface area contributed by atoms with Gasteiger partial charge in [-0.2, -0.15) is 8.78 Å². The average Bonchev–Trinajstić information content (AvgIpc) is 2.74. The van der Waals surface area contributed by atoms with E-state index in [0.29, 0.717) is 17.0 Å². The first kappa shape index (κ1) is 22.2. The Balaban J connectivity index is 1.68. The fraction of sp³-hybridized carbons (Fsp3) is 0.280. The van der Waals surface area contributed by atoms with Crippen LogP contribution in [0.5, 0.6) is 5.88 Å². The van der Waals surface area contributed by atoms with Gasteiger partial charge in [-0.15, -0.1) is 0 Å². The molecule has 0 fully saturated rings. The predicted molar refractivity (Wildman–Crippen MR) is 119 cm³/mol. The minimum atomic E-state index is -3.21. The number of pyridine rings is 1. The highest BCUT2D eigenvalue weighted by Crippen LogP contribution is 2.41. The maximum absolute atomic E-state index is 15.0. The zero-order chi connectivity index (χ0) is 23.0. The number of nitrogens with zero attached hydrogens (tertiary/aromatic N) is 2. The van der Waals surface area contributed by atoms with Crippen molar-refractivity contribution in [2.45, 2.75) is 39.8 Å². The normalized spacial score (nSPS) is 14.9. The second kappa shape index (κ2) is 8.51. The van der Waals surface area contributed by atoms with E-state index < -0.39 is 18.4 Å². The van der Waals surface area contributed by atoms with Crippen molar-refractivity contribution in [3.63, 3.8) is 0 Å². The summed E-state index contributed by atoms with van der Waals surface area (Å²) in [6.07, 6.45) is 0. The summed E-state index contributed by atoms with van der Waals surface area (Å²) in [5.74, 6) is -3.39. The van der Waals surface area contributed by atoms with Crippen molar-refractivity contribution in [3.05, 3.63) is 92.6 Å². The second-order valence-electron chi connectivity index (χ2n) is 8.12. The maximum atomic E-state index is 15.0. The lowest BCUT2D eigenvalue weighted by Gasteiger charge is -2.35. The summed E-state index contributed by atoms with van der Waals surface area (Å²) in [7, 11) is 0. The largest absolute Gasteiger partial charge is 0.473 e. The topological polar surface area (TPSA) is 42.4 Å². The summed E-state index contributed by atoms with van der Waals surface area (Å²) in [6.45, 7) is 4.88. The van der Waals surface area contributed by atoms with Gasteiger partial charge in [0.2, 0.25) is 5.88 Å². The Morgan fingerprint density at radius 3 is 2.53 bits per heavy atom. The van der Waals surface area contributed by atoms with Crippen LogP contribution in [-0.4, -0.2) is 22.3 Å². The number of carbonyl (C=O) groups excluding carboxylic acids is 1. The number of aromatic nitrogens is 1. The van der Waals surface area contributed by atoms with Crippen LogP contribution < -0.4 is 4.74 Å². The molecule has 0 radical (unpaired) electrons. The van der Waals surface area contributed by atoms with Gasteiger partial charge in [0.25, 0.3) is 11.8 Å². The van der Waals surface area contributed by atoms with E-state index in [1.807, 2.05) is 50.2 Å². The van der Waals surface area contributed by atoms with E-state index in [2.05, 4.69) is 4.98 Å². The molecule has 1 amide bonds. The zero-order valence-corrected chi connectivity index (χ0v) is 18.8. The standard InChI is InChI=1S/C25H23ClF2N2O2/c1-15-9-10-20-21(22(15)26)24(31)30(14-25(20,27)28)12-19-16(2)11-17(3)29-23(19)32-13-18-7-5-4-6-8-18/h4-11H,12-14H2,1-3H3. The predicted octanol–water partition coefficient (Wildman–Crippen LogP) is 5.99. The maximum Gasteiger partial charge on any atom is 0.291 e. The number of alkyl halides is 2. The first-order chi connectivity index (χ1) is 15.2. The Labute approximate surface area is 190 Å². The van der Waals surface area contributed by atoms with Crippen LogP contribution in [-0.2, 0) is 19.1 Å². The SMILES string of the molecule is Cc1cc(C)c(CN2CC(F)(F)c3ccc(C)c(Cl)c3C2=O)c(OCc2ccccc2)n1. The molecule has 32 heavy (non-hydrogen) atoms. The Hall–Kier alpha value is -2.99.